The molecule has 1 unspecified atom stereocenters. The van der Waals surface area contributed by atoms with Crippen LogP contribution in [0.1, 0.15) is 41.5 Å². The van der Waals surface area contributed by atoms with Gasteiger partial charge in [-0.25, -0.2) is 4.79 Å². The molecule has 10 nitrogen and oxygen atoms in total. The topological polar surface area (TPSA) is 102 Å². The highest BCUT2D eigenvalue weighted by Crippen LogP contribution is 2.35. The maximum atomic E-state index is 13.8. The van der Waals surface area contributed by atoms with E-state index in [0.717, 1.165) is 0 Å². The van der Waals surface area contributed by atoms with Crippen molar-refractivity contribution in [3.8, 4) is 0 Å². The average Bonchev–Trinajstić information content (AvgIpc) is 2.85. The van der Waals surface area contributed by atoms with Gasteiger partial charge in [-0.05, 0) is 47.0 Å². The molecular formula is C26H41N5O5. The molecule has 0 aromatic heterocycles. The zero-order valence-electron chi connectivity index (χ0n) is 23.0. The van der Waals surface area contributed by atoms with Crippen molar-refractivity contribution in [3.63, 3.8) is 0 Å². The molecule has 200 valence electrons. The average molecular weight is 504 g/mol. The lowest BCUT2D eigenvalue weighted by Crippen LogP contribution is -2.55. The molecule has 36 heavy (non-hydrogen) atoms. The van der Waals surface area contributed by atoms with E-state index in [2.05, 4.69) is 5.32 Å². The Morgan fingerprint density at radius 3 is 2.11 bits per heavy atom. The van der Waals surface area contributed by atoms with Gasteiger partial charge in [-0.15, -0.1) is 0 Å². The van der Waals surface area contributed by atoms with E-state index in [-0.39, 0.29) is 24.9 Å². The highest BCUT2D eigenvalue weighted by Gasteiger charge is 2.40. The summed E-state index contributed by atoms with van der Waals surface area (Å²) in [6, 6.07) is 5.87. The van der Waals surface area contributed by atoms with Gasteiger partial charge in [-0.3, -0.25) is 19.3 Å². The maximum absolute atomic E-state index is 13.8. The van der Waals surface area contributed by atoms with E-state index in [1.54, 1.807) is 77.8 Å². The normalized spacial score (nSPS) is 16.4. The van der Waals surface area contributed by atoms with Gasteiger partial charge in [0, 0.05) is 25.6 Å². The molecule has 1 heterocycles. The maximum Gasteiger partial charge on any atom is 0.408 e. The van der Waals surface area contributed by atoms with Crippen molar-refractivity contribution in [2.45, 2.75) is 53.2 Å². The fourth-order valence-electron chi connectivity index (χ4n) is 3.63. The molecule has 2 rings (SSSR count). The van der Waals surface area contributed by atoms with Gasteiger partial charge in [-0.1, -0.05) is 32.9 Å². The molecule has 1 aromatic carbocycles. The Bertz CT molecular complexity index is 980. The number of nitrogens with zero attached hydrogens (tertiary/aromatic N) is 4. The van der Waals surface area contributed by atoms with E-state index in [1.807, 2.05) is 19.0 Å². The van der Waals surface area contributed by atoms with Crippen LogP contribution in [-0.4, -0.2) is 92.6 Å². The molecule has 0 saturated carbocycles. The van der Waals surface area contributed by atoms with Gasteiger partial charge in [0.15, 0.2) is 0 Å². The van der Waals surface area contributed by atoms with Crippen LogP contribution in [0.5, 0.6) is 0 Å². The van der Waals surface area contributed by atoms with Gasteiger partial charge in [0.05, 0.1) is 17.9 Å². The Balaban J connectivity index is 2.49. The Hall–Kier alpha value is -3.14. The van der Waals surface area contributed by atoms with Crippen molar-refractivity contribution < 1.29 is 23.9 Å². The van der Waals surface area contributed by atoms with Crippen LogP contribution in [0.25, 0.3) is 0 Å². The summed E-state index contributed by atoms with van der Waals surface area (Å²) >= 11 is 0. The summed E-state index contributed by atoms with van der Waals surface area (Å²) < 4.78 is 5.37. The van der Waals surface area contributed by atoms with Gasteiger partial charge < -0.3 is 24.8 Å². The number of fused-ring (bicyclic) bond motifs is 1. The molecule has 0 bridgehead atoms. The van der Waals surface area contributed by atoms with Crippen LogP contribution >= 0.6 is 0 Å². The first kappa shape index (κ1) is 29.1. The number of anilines is 2. The fraction of sp³-hybridized carbons (Fsp3) is 0.615. The number of ether oxygens (including phenoxy) is 1. The van der Waals surface area contributed by atoms with Crippen molar-refractivity contribution >= 4 is 35.2 Å². The van der Waals surface area contributed by atoms with Crippen molar-refractivity contribution in [3.05, 3.63) is 24.3 Å². The predicted molar refractivity (Wildman–Crippen MR) is 140 cm³/mol. The molecule has 4 amide bonds. The largest absolute Gasteiger partial charge is 0.444 e. The van der Waals surface area contributed by atoms with Crippen molar-refractivity contribution in [1.82, 2.24) is 15.1 Å². The van der Waals surface area contributed by atoms with E-state index < -0.39 is 29.1 Å². The number of alkyl carbamates (subject to hydrolysis) is 1. The minimum Gasteiger partial charge on any atom is -0.444 e. The molecule has 0 radical (unpaired) electrons. The lowest BCUT2D eigenvalue weighted by Gasteiger charge is -2.31. The van der Waals surface area contributed by atoms with Gasteiger partial charge in [0.1, 0.15) is 18.2 Å². The van der Waals surface area contributed by atoms with E-state index in [9.17, 15) is 19.2 Å². The van der Waals surface area contributed by atoms with Gasteiger partial charge in [0.2, 0.25) is 11.8 Å². The number of benzene rings is 1. The third-order valence-corrected chi connectivity index (χ3v) is 5.57. The van der Waals surface area contributed by atoms with Crippen molar-refractivity contribution in [1.29, 1.82) is 0 Å². The second-order valence-corrected chi connectivity index (χ2v) is 11.4. The lowest BCUT2D eigenvalue weighted by atomic mass is 9.94. The Kier molecular flexibility index (Phi) is 9.12. The standard InChI is InChI=1S/C26H41N5O5/c1-25(2,3)23(34)31-16-18(27-24(35)36-26(4,5)6)22(33)30(19-12-10-11-13-20(19)31)17-21(32)29(9)15-14-28(7)8/h10-13,18H,14-17H2,1-9H3,(H,27,35). The van der Waals surface area contributed by atoms with Crippen LogP contribution in [0.4, 0.5) is 16.2 Å². The molecule has 0 aliphatic carbocycles. The summed E-state index contributed by atoms with van der Waals surface area (Å²) in [5.41, 5.74) is -0.581. The molecule has 10 heteroatoms. The second kappa shape index (κ2) is 11.3. The summed E-state index contributed by atoms with van der Waals surface area (Å²) in [4.78, 5) is 59.4. The number of nitrogens with one attached hydrogen (secondary N) is 1. The first-order valence-corrected chi connectivity index (χ1v) is 12.1. The van der Waals surface area contributed by atoms with Crippen LogP contribution < -0.4 is 15.1 Å². The van der Waals surface area contributed by atoms with Crippen LogP contribution in [0.3, 0.4) is 0 Å². The summed E-state index contributed by atoms with van der Waals surface area (Å²) in [7, 11) is 5.52. The monoisotopic (exact) mass is 503 g/mol. The number of amides is 4. The molecule has 1 N–H and O–H groups in total. The first-order chi connectivity index (χ1) is 16.5. The molecule has 1 aliphatic heterocycles. The van der Waals surface area contributed by atoms with Crippen molar-refractivity contribution in [2.24, 2.45) is 5.41 Å². The number of rotatable bonds is 6. The number of hydrogen-bond acceptors (Lipinski definition) is 6. The number of likely N-dealkylation sites (N-methyl/N-ethyl adjacent to an activating group) is 2. The molecule has 1 aliphatic rings. The molecule has 1 atom stereocenters. The van der Waals surface area contributed by atoms with Gasteiger partial charge in [0.25, 0.3) is 5.91 Å². The zero-order chi connectivity index (χ0) is 27.4. The molecule has 0 saturated heterocycles. The highest BCUT2D eigenvalue weighted by atomic mass is 16.6. The fourth-order valence-corrected chi connectivity index (χ4v) is 3.63. The highest BCUT2D eigenvalue weighted by molar-refractivity contribution is 6.10. The summed E-state index contributed by atoms with van der Waals surface area (Å²) in [6.45, 7) is 11.4. The molecule has 0 fully saturated rings. The summed E-state index contributed by atoms with van der Waals surface area (Å²) in [5, 5.41) is 2.63. The third-order valence-electron chi connectivity index (χ3n) is 5.57. The SMILES string of the molecule is CN(C)CCN(C)C(=O)CN1C(=O)C(NC(=O)OC(C)(C)C)CN(C(=O)C(C)(C)C)c2ccccc21. The number of hydrogen-bond donors (Lipinski definition) is 1. The van der Waals surface area contributed by atoms with Crippen LogP contribution in [0, 0.1) is 5.41 Å². The van der Waals surface area contributed by atoms with Gasteiger partial charge >= 0.3 is 6.09 Å². The third kappa shape index (κ3) is 7.68. The molecule has 0 spiro atoms. The lowest BCUT2D eigenvalue weighted by molar-refractivity contribution is -0.131. The first-order valence-electron chi connectivity index (χ1n) is 12.1. The molecule has 1 aromatic rings. The Morgan fingerprint density at radius 2 is 1.58 bits per heavy atom. The van der Waals surface area contributed by atoms with Crippen LogP contribution in [-0.2, 0) is 19.1 Å². The van der Waals surface area contributed by atoms with E-state index >= 15 is 0 Å². The van der Waals surface area contributed by atoms with Crippen molar-refractivity contribution in [2.75, 3.05) is 57.1 Å². The molecular weight excluding hydrogens is 462 g/mol. The van der Waals surface area contributed by atoms with Gasteiger partial charge in [-0.2, -0.15) is 0 Å². The predicted octanol–water partition coefficient (Wildman–Crippen LogP) is 2.33. The van der Waals surface area contributed by atoms with Crippen LogP contribution in [0.15, 0.2) is 24.3 Å². The van der Waals surface area contributed by atoms with E-state index in [1.165, 1.54) is 9.80 Å². The quantitative estimate of drug-likeness (QED) is 0.639. The summed E-state index contributed by atoms with van der Waals surface area (Å²) in [6.07, 6.45) is -0.774. The number of para-hydroxylation sites is 2. The van der Waals surface area contributed by atoms with E-state index in [0.29, 0.717) is 24.5 Å². The van der Waals surface area contributed by atoms with E-state index in [4.69, 9.17) is 4.74 Å². The van der Waals surface area contributed by atoms with Crippen LogP contribution in [0.2, 0.25) is 0 Å². The number of carbonyl (C=O) groups is 4. The second-order valence-electron chi connectivity index (χ2n) is 11.4. The Labute approximate surface area is 214 Å². The smallest absolute Gasteiger partial charge is 0.408 e. The minimum atomic E-state index is -1.11. The number of carbonyl (C=O) groups excluding carboxylic acids is 4. The minimum absolute atomic E-state index is 0.0909. The zero-order valence-corrected chi connectivity index (χ0v) is 23.0. The Morgan fingerprint density at radius 1 is 1.00 bits per heavy atom. The summed E-state index contributed by atoms with van der Waals surface area (Å²) in [5.74, 6) is -0.964.